The van der Waals surface area contributed by atoms with E-state index in [2.05, 4.69) is 0 Å². The van der Waals surface area contributed by atoms with Crippen molar-refractivity contribution in [2.45, 2.75) is 24.8 Å². The summed E-state index contributed by atoms with van der Waals surface area (Å²) >= 11 is 0. The van der Waals surface area contributed by atoms with Crippen LogP contribution < -0.4 is 5.73 Å². The lowest BCUT2D eigenvalue weighted by molar-refractivity contribution is -0.206. The summed E-state index contributed by atoms with van der Waals surface area (Å²) in [5.41, 5.74) is 5.03. The highest BCUT2D eigenvalue weighted by molar-refractivity contribution is 5.79. The molecule has 8 heteroatoms. The average molecular weight is 256 g/mol. The summed E-state index contributed by atoms with van der Waals surface area (Å²) in [5, 5.41) is 8.82. The molecule has 0 aliphatic carbocycles. The largest absolute Gasteiger partial charge is 0.414 e. The molecule has 1 amide bonds. The monoisotopic (exact) mass is 256 g/mol. The van der Waals surface area contributed by atoms with Gasteiger partial charge < -0.3 is 15.6 Å². The maximum Gasteiger partial charge on any atom is 0.414 e. The van der Waals surface area contributed by atoms with Gasteiger partial charge in [0.1, 0.15) is 6.10 Å². The molecule has 17 heavy (non-hydrogen) atoms. The van der Waals surface area contributed by atoms with Gasteiger partial charge >= 0.3 is 6.18 Å². The van der Waals surface area contributed by atoms with Crippen molar-refractivity contribution in [3.8, 4) is 0 Å². The number of morpholine rings is 1. The first-order chi connectivity index (χ1) is 7.80. The first-order valence-electron chi connectivity index (χ1n) is 5.18. The number of nitrogens with zero attached hydrogens (tertiary/aromatic N) is 1. The Labute approximate surface area is 96.3 Å². The molecule has 2 atom stereocenters. The third-order valence-electron chi connectivity index (χ3n) is 2.56. The highest BCUT2D eigenvalue weighted by atomic mass is 19.4. The number of carbonyl (C=O) groups is 1. The van der Waals surface area contributed by atoms with Crippen molar-refractivity contribution in [2.24, 2.45) is 5.73 Å². The lowest BCUT2D eigenvalue weighted by Gasteiger charge is -2.31. The first kappa shape index (κ1) is 14.2. The van der Waals surface area contributed by atoms with Crippen LogP contribution in [0.4, 0.5) is 13.2 Å². The molecule has 1 aliphatic heterocycles. The summed E-state index contributed by atoms with van der Waals surface area (Å²) < 4.78 is 41.2. The fraction of sp³-hybridized carbons (Fsp3) is 0.889. The minimum Gasteiger partial charge on any atom is -0.384 e. The third kappa shape index (κ3) is 4.49. The normalized spacial score (nSPS) is 24.6. The number of ether oxygens (including phenoxy) is 1. The predicted molar refractivity (Wildman–Crippen MR) is 52.1 cm³/mol. The molecule has 5 nitrogen and oxygen atoms in total. The first-order valence-corrected chi connectivity index (χ1v) is 5.18. The van der Waals surface area contributed by atoms with E-state index in [0.29, 0.717) is 6.54 Å². The van der Waals surface area contributed by atoms with Gasteiger partial charge in [0.05, 0.1) is 6.61 Å². The summed E-state index contributed by atoms with van der Waals surface area (Å²) in [5.74, 6) is -0.633. The standard InChI is InChI=1S/C9H15F3N2O3/c10-9(11,12)7(15)1-2-14-3-4-17-6(5-14)8(13)16/h6-7,15H,1-5H2,(H2,13,16)/t6?,7-/m1/s1. The molecular weight excluding hydrogens is 241 g/mol. The van der Waals surface area contributed by atoms with E-state index in [0.717, 1.165) is 0 Å². The number of amides is 1. The lowest BCUT2D eigenvalue weighted by atomic mass is 10.2. The number of hydrogen-bond donors (Lipinski definition) is 2. The summed E-state index contributed by atoms with van der Waals surface area (Å²) in [4.78, 5) is 12.5. The molecule has 1 rings (SSSR count). The fourth-order valence-corrected chi connectivity index (χ4v) is 1.55. The SMILES string of the molecule is NC(=O)C1CN(CC[C@@H](O)C(F)(F)F)CCO1. The van der Waals surface area contributed by atoms with Gasteiger partial charge in [-0.15, -0.1) is 0 Å². The van der Waals surface area contributed by atoms with Crippen LogP contribution in [0, 0.1) is 0 Å². The lowest BCUT2D eigenvalue weighted by Crippen LogP contribution is -2.49. The van der Waals surface area contributed by atoms with Crippen LogP contribution in [0.15, 0.2) is 0 Å². The number of carbonyl (C=O) groups excluding carboxylic acids is 1. The van der Waals surface area contributed by atoms with Crippen LogP contribution in [0.2, 0.25) is 0 Å². The number of primary amides is 1. The Balaban J connectivity index is 2.35. The van der Waals surface area contributed by atoms with E-state index in [-0.39, 0.29) is 19.7 Å². The topological polar surface area (TPSA) is 75.8 Å². The van der Waals surface area contributed by atoms with Gasteiger partial charge in [0.15, 0.2) is 6.10 Å². The van der Waals surface area contributed by atoms with Gasteiger partial charge in [0.2, 0.25) is 5.91 Å². The molecule has 0 spiro atoms. The Kier molecular flexibility index (Phi) is 4.72. The van der Waals surface area contributed by atoms with E-state index in [9.17, 15) is 18.0 Å². The quantitative estimate of drug-likeness (QED) is 0.710. The zero-order chi connectivity index (χ0) is 13.1. The van der Waals surface area contributed by atoms with Gasteiger partial charge in [-0.3, -0.25) is 9.69 Å². The molecule has 0 saturated carbocycles. The third-order valence-corrected chi connectivity index (χ3v) is 2.56. The van der Waals surface area contributed by atoms with Crippen LogP contribution in [0.3, 0.4) is 0 Å². The van der Waals surface area contributed by atoms with Crippen LogP contribution in [-0.4, -0.2) is 60.5 Å². The van der Waals surface area contributed by atoms with Crippen LogP contribution in [-0.2, 0) is 9.53 Å². The van der Waals surface area contributed by atoms with Crippen LogP contribution >= 0.6 is 0 Å². The van der Waals surface area contributed by atoms with Gasteiger partial charge in [0.25, 0.3) is 0 Å². The van der Waals surface area contributed by atoms with Crippen molar-refractivity contribution < 1.29 is 27.8 Å². The predicted octanol–water partition coefficient (Wildman–Crippen LogP) is -0.514. The fourth-order valence-electron chi connectivity index (χ4n) is 1.55. The van der Waals surface area contributed by atoms with Gasteiger partial charge in [-0.1, -0.05) is 0 Å². The molecule has 1 heterocycles. The molecule has 1 aliphatic rings. The van der Waals surface area contributed by atoms with Crippen LogP contribution in [0.25, 0.3) is 0 Å². The number of hydrogen-bond acceptors (Lipinski definition) is 4. The van der Waals surface area contributed by atoms with Gasteiger partial charge in [-0.2, -0.15) is 13.2 Å². The maximum absolute atomic E-state index is 12.0. The summed E-state index contributed by atoms with van der Waals surface area (Å²) in [6, 6.07) is 0. The minimum absolute atomic E-state index is 0.0494. The number of aliphatic hydroxyl groups is 1. The second-order valence-corrected chi connectivity index (χ2v) is 3.91. The second-order valence-electron chi connectivity index (χ2n) is 3.91. The molecule has 1 fully saturated rings. The molecule has 0 aromatic carbocycles. The molecule has 1 saturated heterocycles. The molecule has 0 bridgehead atoms. The van der Waals surface area contributed by atoms with E-state index in [4.69, 9.17) is 15.6 Å². The maximum atomic E-state index is 12.0. The minimum atomic E-state index is -4.60. The Morgan fingerprint density at radius 1 is 1.59 bits per heavy atom. The van der Waals surface area contributed by atoms with Gasteiger partial charge in [-0.25, -0.2) is 0 Å². The van der Waals surface area contributed by atoms with Crippen molar-refractivity contribution in [1.29, 1.82) is 0 Å². The van der Waals surface area contributed by atoms with Crippen molar-refractivity contribution in [1.82, 2.24) is 4.90 Å². The highest BCUT2D eigenvalue weighted by Crippen LogP contribution is 2.22. The molecule has 3 N–H and O–H groups in total. The zero-order valence-corrected chi connectivity index (χ0v) is 9.11. The van der Waals surface area contributed by atoms with Crippen LogP contribution in [0.1, 0.15) is 6.42 Å². The zero-order valence-electron chi connectivity index (χ0n) is 9.11. The Morgan fingerprint density at radius 2 is 2.24 bits per heavy atom. The van der Waals surface area contributed by atoms with E-state index in [1.54, 1.807) is 4.90 Å². The van der Waals surface area contributed by atoms with Crippen molar-refractivity contribution in [3.63, 3.8) is 0 Å². The van der Waals surface area contributed by atoms with Crippen molar-refractivity contribution >= 4 is 5.91 Å². The van der Waals surface area contributed by atoms with E-state index < -0.39 is 30.7 Å². The molecule has 0 aromatic rings. The van der Waals surface area contributed by atoms with E-state index in [1.807, 2.05) is 0 Å². The Bertz CT molecular complexity index is 273. The highest BCUT2D eigenvalue weighted by Gasteiger charge is 2.38. The number of rotatable bonds is 4. The Hall–Kier alpha value is -0.860. The molecule has 0 aromatic heterocycles. The van der Waals surface area contributed by atoms with Gasteiger partial charge in [-0.05, 0) is 6.42 Å². The van der Waals surface area contributed by atoms with Crippen molar-refractivity contribution in [3.05, 3.63) is 0 Å². The molecular formula is C9H15F3N2O3. The van der Waals surface area contributed by atoms with E-state index in [1.165, 1.54) is 0 Å². The number of aliphatic hydroxyl groups excluding tert-OH is 1. The van der Waals surface area contributed by atoms with Crippen molar-refractivity contribution in [2.75, 3.05) is 26.2 Å². The van der Waals surface area contributed by atoms with E-state index >= 15 is 0 Å². The summed E-state index contributed by atoms with van der Waals surface area (Å²) in [6.45, 7) is 0.887. The number of nitrogens with two attached hydrogens (primary N) is 1. The molecule has 0 radical (unpaired) electrons. The summed E-state index contributed by atoms with van der Waals surface area (Å²) in [6.07, 6.45) is -8.14. The average Bonchev–Trinajstić information content (AvgIpc) is 2.25. The smallest absolute Gasteiger partial charge is 0.384 e. The number of halogens is 3. The molecule has 100 valence electrons. The Morgan fingerprint density at radius 3 is 2.76 bits per heavy atom. The molecule has 1 unspecified atom stereocenters. The van der Waals surface area contributed by atoms with Gasteiger partial charge in [0, 0.05) is 19.6 Å². The second kappa shape index (κ2) is 5.65. The summed E-state index contributed by atoms with van der Waals surface area (Å²) in [7, 11) is 0. The number of alkyl halides is 3. The van der Waals surface area contributed by atoms with Crippen LogP contribution in [0.5, 0.6) is 0 Å².